The molecule has 0 aromatic carbocycles. The lowest BCUT2D eigenvalue weighted by Crippen LogP contribution is -2.60. The zero-order valence-electron chi connectivity index (χ0n) is 13.3. The molecule has 0 spiro atoms. The summed E-state index contributed by atoms with van der Waals surface area (Å²) in [6.07, 6.45) is 0.223. The fourth-order valence-corrected chi connectivity index (χ4v) is 2.04. The molecule has 0 saturated carbocycles. The van der Waals surface area contributed by atoms with Crippen LogP contribution in [0.3, 0.4) is 0 Å². The van der Waals surface area contributed by atoms with E-state index in [0.29, 0.717) is 0 Å². The summed E-state index contributed by atoms with van der Waals surface area (Å²) >= 11 is 0. The third-order valence-corrected chi connectivity index (χ3v) is 3.24. The molecule has 2 amide bonds. The Balaban J connectivity index is 2.41. The molecule has 2 heterocycles. The number of nitrogens with one attached hydrogen (secondary N) is 1. The Labute approximate surface area is 132 Å². The van der Waals surface area contributed by atoms with Crippen LogP contribution in [0.2, 0.25) is 0 Å². The van der Waals surface area contributed by atoms with E-state index >= 15 is 0 Å². The van der Waals surface area contributed by atoms with Crippen LogP contribution in [-0.2, 0) is 9.53 Å². The average Bonchev–Trinajstić information content (AvgIpc) is 2.74. The Morgan fingerprint density at radius 1 is 1.43 bits per heavy atom. The topological polar surface area (TPSA) is 115 Å². The van der Waals surface area contributed by atoms with Gasteiger partial charge >= 0.3 is 6.09 Å². The summed E-state index contributed by atoms with van der Waals surface area (Å²) in [4.78, 5) is 24.3. The van der Waals surface area contributed by atoms with Gasteiger partial charge < -0.3 is 4.74 Å². The van der Waals surface area contributed by atoms with Gasteiger partial charge in [-0.1, -0.05) is 0 Å². The molecule has 1 aromatic heterocycles. The summed E-state index contributed by atoms with van der Waals surface area (Å²) in [6.45, 7) is 6.18. The molecule has 1 unspecified atom stereocenters. The van der Waals surface area contributed by atoms with Crippen molar-refractivity contribution in [2.75, 3.05) is 0 Å². The number of nitrogens with zero attached hydrogens (tertiary/aromatic N) is 3. The van der Waals surface area contributed by atoms with Gasteiger partial charge in [-0.2, -0.15) is 10.2 Å². The van der Waals surface area contributed by atoms with Gasteiger partial charge in [0.1, 0.15) is 5.60 Å². The van der Waals surface area contributed by atoms with Crippen molar-refractivity contribution in [3.63, 3.8) is 0 Å². The molecule has 1 aromatic rings. The molecule has 2 rings (SSSR count). The fraction of sp³-hybridized carbons (Fsp3) is 0.429. The maximum Gasteiger partial charge on any atom is 0.435 e. The summed E-state index contributed by atoms with van der Waals surface area (Å²) in [6, 6.07) is 4.67. The lowest BCUT2D eigenvalue weighted by molar-refractivity contribution is -0.905. The van der Waals surface area contributed by atoms with Gasteiger partial charge in [-0.25, -0.2) is 10.2 Å². The van der Waals surface area contributed by atoms with Crippen molar-refractivity contribution in [2.24, 2.45) is 5.10 Å². The Bertz CT molecular complexity index is 682. The van der Waals surface area contributed by atoms with Crippen molar-refractivity contribution in [3.8, 4) is 0 Å². The highest BCUT2D eigenvalue weighted by molar-refractivity contribution is 6.22. The van der Waals surface area contributed by atoms with Gasteiger partial charge in [-0.15, -0.1) is 0 Å². The number of rotatable bonds is 2. The summed E-state index contributed by atoms with van der Waals surface area (Å²) in [5.74, 6) is -0.732. The summed E-state index contributed by atoms with van der Waals surface area (Å²) in [7, 11) is 0. The van der Waals surface area contributed by atoms with E-state index in [1.54, 1.807) is 32.9 Å². The first-order valence-corrected chi connectivity index (χ1v) is 6.88. The van der Waals surface area contributed by atoms with Crippen molar-refractivity contribution >= 4 is 17.7 Å². The first-order valence-electron chi connectivity index (χ1n) is 6.88. The van der Waals surface area contributed by atoms with Crippen LogP contribution in [0.4, 0.5) is 4.79 Å². The van der Waals surface area contributed by atoms with Crippen LogP contribution in [0, 0.1) is 0 Å². The third kappa shape index (κ3) is 2.95. The molecule has 1 aliphatic heterocycles. The second-order valence-electron chi connectivity index (χ2n) is 6.20. The molecular formula is C14H19N4O5+. The van der Waals surface area contributed by atoms with Gasteiger partial charge in [0.25, 0.3) is 11.6 Å². The first kappa shape index (κ1) is 16.7. The maximum atomic E-state index is 12.2. The number of carbonyl (C=O) groups is 2. The molecular weight excluding hydrogens is 304 g/mol. The van der Waals surface area contributed by atoms with Crippen molar-refractivity contribution in [1.29, 1.82) is 0 Å². The van der Waals surface area contributed by atoms with Crippen LogP contribution in [0.5, 0.6) is 0 Å². The molecule has 0 bridgehead atoms. The molecule has 23 heavy (non-hydrogen) atoms. The number of hydroxylamine groups is 2. The maximum absolute atomic E-state index is 12.2. The molecule has 3 N–H and O–H groups in total. The highest BCUT2D eigenvalue weighted by Crippen LogP contribution is 2.25. The van der Waals surface area contributed by atoms with Crippen LogP contribution < -0.4 is 10.2 Å². The minimum absolute atomic E-state index is 0.0287. The molecule has 0 aliphatic carbocycles. The van der Waals surface area contributed by atoms with Crippen LogP contribution in [0.1, 0.15) is 33.4 Å². The van der Waals surface area contributed by atoms with E-state index in [2.05, 4.69) is 10.5 Å². The van der Waals surface area contributed by atoms with Crippen molar-refractivity contribution in [1.82, 2.24) is 10.5 Å². The van der Waals surface area contributed by atoms with E-state index in [1.807, 2.05) is 0 Å². The molecule has 1 aliphatic rings. The Morgan fingerprint density at radius 2 is 2.09 bits per heavy atom. The van der Waals surface area contributed by atoms with E-state index in [4.69, 9.17) is 4.74 Å². The van der Waals surface area contributed by atoms with Gasteiger partial charge in [-0.3, -0.25) is 15.2 Å². The van der Waals surface area contributed by atoms with E-state index in [1.165, 1.54) is 19.2 Å². The first-order chi connectivity index (χ1) is 10.6. The number of amides is 2. The lowest BCUT2D eigenvalue weighted by Gasteiger charge is -2.31. The third-order valence-electron chi connectivity index (χ3n) is 3.24. The molecule has 0 saturated heterocycles. The number of carbonyl (C=O) groups excluding carboxylic acids is 2. The summed E-state index contributed by atoms with van der Waals surface area (Å²) in [5, 5.41) is 24.1. The number of hydrazone groups is 1. The Morgan fingerprint density at radius 3 is 2.65 bits per heavy atom. The minimum atomic E-state index is -1.85. The molecule has 9 nitrogen and oxygen atoms in total. The highest BCUT2D eigenvalue weighted by Gasteiger charge is 2.55. The van der Waals surface area contributed by atoms with Crippen LogP contribution in [0.25, 0.3) is 0 Å². The van der Waals surface area contributed by atoms with Crippen molar-refractivity contribution in [2.45, 2.75) is 38.8 Å². The van der Waals surface area contributed by atoms with E-state index < -0.39 is 23.1 Å². The number of aromatic nitrogens is 1. The minimum Gasteiger partial charge on any atom is -0.442 e. The molecule has 1 atom stereocenters. The average molecular weight is 323 g/mol. The monoisotopic (exact) mass is 323 g/mol. The molecule has 9 heteroatoms. The van der Waals surface area contributed by atoms with Gasteiger partial charge in [0, 0.05) is 16.9 Å². The molecule has 124 valence electrons. The number of ether oxygens (including phenoxy) is 1. The number of pyridine rings is 1. The number of hydrogen-bond donors (Lipinski definition) is 3. The van der Waals surface area contributed by atoms with Crippen LogP contribution in [-0.4, -0.2) is 44.3 Å². The Kier molecular flexibility index (Phi) is 3.99. The van der Waals surface area contributed by atoms with Crippen molar-refractivity contribution in [3.05, 3.63) is 30.1 Å². The Hall–Kier alpha value is -2.68. The smallest absolute Gasteiger partial charge is 0.435 e. The lowest BCUT2D eigenvalue weighted by atomic mass is 9.92. The van der Waals surface area contributed by atoms with Gasteiger partial charge in [0.15, 0.2) is 5.71 Å². The standard InChI is InChI=1S/C14H18N4O5/c1-13(2,3)23-12(20)18(22)14(4)10(15-16-11(14)19)9-7-5-6-8-17(9)21/h5-8,21-22H,1-4H3/p+1. The van der Waals surface area contributed by atoms with Gasteiger partial charge in [0.2, 0.25) is 11.7 Å². The zero-order valence-corrected chi connectivity index (χ0v) is 13.3. The summed E-state index contributed by atoms with van der Waals surface area (Å²) < 4.78 is 5.81. The predicted octanol–water partition coefficient (Wildman–Crippen LogP) is 0.430. The van der Waals surface area contributed by atoms with Gasteiger partial charge in [-0.05, 0) is 33.8 Å². The zero-order chi connectivity index (χ0) is 17.4. The van der Waals surface area contributed by atoms with Gasteiger partial charge in [0.05, 0.1) is 0 Å². The molecule has 0 fully saturated rings. The quantitative estimate of drug-likeness (QED) is 0.316. The van der Waals surface area contributed by atoms with E-state index in [9.17, 15) is 20.0 Å². The van der Waals surface area contributed by atoms with E-state index in [0.717, 1.165) is 4.73 Å². The highest BCUT2D eigenvalue weighted by atomic mass is 16.6. The second kappa shape index (κ2) is 5.51. The van der Waals surface area contributed by atoms with E-state index in [-0.39, 0.29) is 16.5 Å². The van der Waals surface area contributed by atoms with Crippen LogP contribution in [0.15, 0.2) is 29.5 Å². The number of hydrogen-bond acceptors (Lipinski definition) is 6. The second-order valence-corrected chi connectivity index (χ2v) is 6.20. The fourth-order valence-electron chi connectivity index (χ4n) is 2.04. The van der Waals surface area contributed by atoms with Crippen molar-refractivity contribution < 1.29 is 29.5 Å². The predicted molar refractivity (Wildman–Crippen MR) is 76.8 cm³/mol. The summed E-state index contributed by atoms with van der Waals surface area (Å²) in [5.41, 5.74) is -0.404. The SMILES string of the molecule is CC(C)(C)OC(=O)N(O)C1(C)C(=O)NN=C1c1cccc[n+]1O. The normalized spacial score (nSPS) is 20.7. The molecule has 0 radical (unpaired) electrons. The van der Waals surface area contributed by atoms with Crippen LogP contribution >= 0.6 is 0 Å². The largest absolute Gasteiger partial charge is 0.442 e.